The third-order valence-electron chi connectivity index (χ3n) is 5.72. The van der Waals surface area contributed by atoms with Gasteiger partial charge in [-0.1, -0.05) is 54.1 Å². The standard InChI is InChI=1S/C29H30N2O3/c1-19-13-20(2)26(21(3)14-19)18-34-27-12-11-23(16-28(27)33-5)15-25(17-30)29(32)31-22(4)24-9-7-6-8-10-24/h6-16,22H,18H2,1-5H3,(H,31,32)/b25-15+/t22-/m1/s1. The molecule has 0 heterocycles. The van der Waals surface area contributed by atoms with Gasteiger partial charge in [-0.3, -0.25) is 4.79 Å². The Balaban J connectivity index is 1.76. The van der Waals surface area contributed by atoms with Crippen LogP contribution in [0.25, 0.3) is 6.08 Å². The van der Waals surface area contributed by atoms with Gasteiger partial charge in [0.05, 0.1) is 13.2 Å². The summed E-state index contributed by atoms with van der Waals surface area (Å²) in [5, 5.41) is 12.4. The molecular formula is C29H30N2O3. The predicted molar refractivity (Wildman–Crippen MR) is 135 cm³/mol. The number of nitrogens with one attached hydrogen (secondary N) is 1. The van der Waals surface area contributed by atoms with Gasteiger partial charge in [0, 0.05) is 0 Å². The van der Waals surface area contributed by atoms with E-state index in [-0.39, 0.29) is 11.6 Å². The topological polar surface area (TPSA) is 71.3 Å². The third kappa shape index (κ3) is 6.05. The zero-order valence-corrected chi connectivity index (χ0v) is 20.3. The number of methoxy groups -OCH3 is 1. The molecule has 0 bridgehead atoms. The summed E-state index contributed by atoms with van der Waals surface area (Å²) in [6.45, 7) is 8.55. The Labute approximate surface area is 201 Å². The van der Waals surface area contributed by atoms with Crippen LogP contribution in [0.3, 0.4) is 0 Å². The van der Waals surface area contributed by atoms with E-state index in [9.17, 15) is 10.1 Å². The molecule has 1 N–H and O–H groups in total. The van der Waals surface area contributed by atoms with Crippen molar-refractivity contribution < 1.29 is 14.3 Å². The van der Waals surface area contributed by atoms with Crippen LogP contribution in [0.2, 0.25) is 0 Å². The summed E-state index contributed by atoms with van der Waals surface area (Å²) in [7, 11) is 1.57. The number of ether oxygens (including phenoxy) is 2. The van der Waals surface area contributed by atoms with E-state index in [1.165, 1.54) is 16.7 Å². The summed E-state index contributed by atoms with van der Waals surface area (Å²) >= 11 is 0. The van der Waals surface area contributed by atoms with Gasteiger partial charge in [0.2, 0.25) is 0 Å². The van der Waals surface area contributed by atoms with Gasteiger partial charge in [0.15, 0.2) is 11.5 Å². The van der Waals surface area contributed by atoms with E-state index in [2.05, 4.69) is 38.2 Å². The van der Waals surface area contributed by atoms with E-state index < -0.39 is 5.91 Å². The molecule has 0 fully saturated rings. The fraction of sp³-hybridized carbons (Fsp3) is 0.241. The maximum Gasteiger partial charge on any atom is 0.262 e. The minimum absolute atomic E-state index is 0.0180. The van der Waals surface area contributed by atoms with Crippen molar-refractivity contribution in [3.63, 3.8) is 0 Å². The normalized spacial score (nSPS) is 11.9. The van der Waals surface area contributed by atoms with Crippen LogP contribution in [0.4, 0.5) is 0 Å². The minimum Gasteiger partial charge on any atom is -0.493 e. The molecule has 3 aromatic carbocycles. The van der Waals surface area contributed by atoms with Crippen LogP contribution in [-0.4, -0.2) is 13.0 Å². The maximum atomic E-state index is 12.7. The lowest BCUT2D eigenvalue weighted by atomic mass is 10.0. The molecular weight excluding hydrogens is 424 g/mol. The first-order valence-corrected chi connectivity index (χ1v) is 11.2. The SMILES string of the molecule is COc1cc(/C=C(\C#N)C(=O)N[C@H](C)c2ccccc2)ccc1OCc1c(C)cc(C)cc1C. The average molecular weight is 455 g/mol. The minimum atomic E-state index is -0.427. The van der Waals surface area contributed by atoms with Gasteiger partial charge in [0.25, 0.3) is 5.91 Å². The molecule has 34 heavy (non-hydrogen) atoms. The predicted octanol–water partition coefficient (Wildman–Crippen LogP) is 5.98. The van der Waals surface area contributed by atoms with Gasteiger partial charge in [-0.2, -0.15) is 5.26 Å². The van der Waals surface area contributed by atoms with Crippen molar-refractivity contribution in [2.75, 3.05) is 7.11 Å². The molecule has 0 aromatic heterocycles. The average Bonchev–Trinajstić information content (AvgIpc) is 2.82. The summed E-state index contributed by atoms with van der Waals surface area (Å²) in [5.41, 5.74) is 6.40. The Kier molecular flexibility index (Phi) is 8.10. The first-order chi connectivity index (χ1) is 16.3. The second-order valence-corrected chi connectivity index (χ2v) is 8.35. The first-order valence-electron chi connectivity index (χ1n) is 11.2. The van der Waals surface area contributed by atoms with Crippen LogP contribution < -0.4 is 14.8 Å². The number of aryl methyl sites for hydroxylation is 3. The number of nitrogens with zero attached hydrogens (tertiary/aromatic N) is 1. The number of carbonyl (C=O) groups excluding carboxylic acids is 1. The maximum absolute atomic E-state index is 12.7. The smallest absolute Gasteiger partial charge is 0.262 e. The van der Waals surface area contributed by atoms with Gasteiger partial charge in [-0.15, -0.1) is 0 Å². The summed E-state index contributed by atoms with van der Waals surface area (Å²) in [6, 6.07) is 21.0. The zero-order chi connectivity index (χ0) is 24.7. The number of nitriles is 1. The Hall–Kier alpha value is -4.04. The zero-order valence-electron chi connectivity index (χ0n) is 20.3. The molecule has 0 saturated heterocycles. The second kappa shape index (κ2) is 11.2. The lowest BCUT2D eigenvalue weighted by molar-refractivity contribution is -0.117. The molecule has 0 unspecified atom stereocenters. The molecule has 0 saturated carbocycles. The van der Waals surface area contributed by atoms with E-state index in [0.29, 0.717) is 23.7 Å². The molecule has 0 aliphatic rings. The van der Waals surface area contributed by atoms with Crippen LogP contribution in [0, 0.1) is 32.1 Å². The second-order valence-electron chi connectivity index (χ2n) is 8.35. The third-order valence-corrected chi connectivity index (χ3v) is 5.72. The summed E-state index contributed by atoms with van der Waals surface area (Å²) in [4.78, 5) is 12.7. The largest absolute Gasteiger partial charge is 0.493 e. The summed E-state index contributed by atoms with van der Waals surface area (Å²) in [6.07, 6.45) is 1.55. The van der Waals surface area contributed by atoms with Crippen LogP contribution in [0.1, 0.15) is 46.3 Å². The number of amides is 1. The van der Waals surface area contributed by atoms with E-state index in [1.54, 1.807) is 31.4 Å². The van der Waals surface area contributed by atoms with Gasteiger partial charge in [-0.25, -0.2) is 0 Å². The molecule has 5 nitrogen and oxygen atoms in total. The summed E-state index contributed by atoms with van der Waals surface area (Å²) < 4.78 is 11.6. The number of carbonyl (C=O) groups is 1. The molecule has 0 radical (unpaired) electrons. The van der Waals surface area contributed by atoms with Crippen molar-refractivity contribution in [3.8, 4) is 17.6 Å². The van der Waals surface area contributed by atoms with E-state index in [4.69, 9.17) is 9.47 Å². The Bertz CT molecular complexity index is 1220. The number of hydrogen-bond donors (Lipinski definition) is 1. The lowest BCUT2D eigenvalue weighted by Gasteiger charge is -2.15. The van der Waals surface area contributed by atoms with Crippen LogP contribution >= 0.6 is 0 Å². The molecule has 3 rings (SSSR count). The van der Waals surface area contributed by atoms with Crippen molar-refractivity contribution in [3.05, 3.63) is 99.6 Å². The number of benzene rings is 3. The van der Waals surface area contributed by atoms with Crippen molar-refractivity contribution >= 4 is 12.0 Å². The highest BCUT2D eigenvalue weighted by Crippen LogP contribution is 2.30. The van der Waals surface area contributed by atoms with Gasteiger partial charge in [-0.05, 0) is 73.7 Å². The van der Waals surface area contributed by atoms with Gasteiger partial charge >= 0.3 is 0 Å². The molecule has 0 aliphatic heterocycles. The van der Waals surface area contributed by atoms with Crippen LogP contribution in [0.5, 0.6) is 11.5 Å². The Morgan fingerprint density at radius 1 is 1.03 bits per heavy atom. The molecule has 3 aromatic rings. The Morgan fingerprint density at radius 2 is 1.71 bits per heavy atom. The van der Waals surface area contributed by atoms with E-state index in [1.807, 2.05) is 43.3 Å². The van der Waals surface area contributed by atoms with Crippen molar-refractivity contribution in [2.45, 2.75) is 40.3 Å². The van der Waals surface area contributed by atoms with Gasteiger partial charge in [0.1, 0.15) is 18.2 Å². The highest BCUT2D eigenvalue weighted by atomic mass is 16.5. The molecule has 5 heteroatoms. The fourth-order valence-corrected chi connectivity index (χ4v) is 3.90. The monoisotopic (exact) mass is 454 g/mol. The molecule has 1 atom stereocenters. The molecule has 0 aliphatic carbocycles. The van der Waals surface area contributed by atoms with Crippen molar-refractivity contribution in [2.24, 2.45) is 0 Å². The quantitative estimate of drug-likeness (QED) is 0.335. The lowest BCUT2D eigenvalue weighted by Crippen LogP contribution is -2.27. The number of rotatable bonds is 8. The van der Waals surface area contributed by atoms with Crippen molar-refractivity contribution in [1.82, 2.24) is 5.32 Å². The van der Waals surface area contributed by atoms with Gasteiger partial charge < -0.3 is 14.8 Å². The molecule has 1 amide bonds. The van der Waals surface area contributed by atoms with Crippen LogP contribution in [-0.2, 0) is 11.4 Å². The van der Waals surface area contributed by atoms with Crippen molar-refractivity contribution in [1.29, 1.82) is 5.26 Å². The highest BCUT2D eigenvalue weighted by molar-refractivity contribution is 6.01. The fourth-order valence-electron chi connectivity index (χ4n) is 3.90. The van der Waals surface area contributed by atoms with E-state index in [0.717, 1.165) is 11.1 Å². The highest BCUT2D eigenvalue weighted by Gasteiger charge is 2.15. The number of hydrogen-bond acceptors (Lipinski definition) is 4. The summed E-state index contributed by atoms with van der Waals surface area (Å²) in [5.74, 6) is 0.703. The van der Waals surface area contributed by atoms with E-state index >= 15 is 0 Å². The Morgan fingerprint density at radius 3 is 2.32 bits per heavy atom. The van der Waals surface area contributed by atoms with Crippen LogP contribution in [0.15, 0.2) is 66.2 Å². The first kappa shape index (κ1) is 24.6. The molecule has 0 spiro atoms. The molecule has 174 valence electrons.